The number of hydrogen-bond donors (Lipinski definition) is 2. The molecular weight excluding hydrogens is 232 g/mol. The number of carbonyl (C=O) groups is 2. The topological polar surface area (TPSA) is 69.6 Å². The first-order chi connectivity index (χ1) is 8.45. The van der Waals surface area contributed by atoms with Crippen LogP contribution in [0.25, 0.3) is 0 Å². The zero-order valence-electron chi connectivity index (χ0n) is 11.1. The third-order valence-electron chi connectivity index (χ3n) is 4.02. The van der Waals surface area contributed by atoms with Gasteiger partial charge in [0, 0.05) is 19.1 Å². The van der Waals surface area contributed by atoms with Gasteiger partial charge >= 0.3 is 12.0 Å². The quantitative estimate of drug-likeness (QED) is 0.785. The number of aliphatic carboxylic acids is 1. The fourth-order valence-electron chi connectivity index (χ4n) is 3.13. The van der Waals surface area contributed by atoms with E-state index in [4.69, 9.17) is 5.11 Å². The SMILES string of the molecule is CC1CC(C)CC(NC(=O)N2CC(C(=O)O)C2)C1. The molecule has 0 spiro atoms. The molecule has 2 rings (SSSR count). The molecule has 1 saturated heterocycles. The van der Waals surface area contributed by atoms with Crippen LogP contribution in [0.2, 0.25) is 0 Å². The normalized spacial score (nSPS) is 32.8. The summed E-state index contributed by atoms with van der Waals surface area (Å²) in [5, 5.41) is 11.8. The van der Waals surface area contributed by atoms with Crippen LogP contribution < -0.4 is 5.32 Å². The van der Waals surface area contributed by atoms with Crippen LogP contribution in [0.1, 0.15) is 33.1 Å². The fourth-order valence-corrected chi connectivity index (χ4v) is 3.13. The van der Waals surface area contributed by atoms with Gasteiger partial charge in [0.2, 0.25) is 0 Å². The molecule has 2 fully saturated rings. The third-order valence-corrected chi connectivity index (χ3v) is 4.02. The Hall–Kier alpha value is -1.26. The highest BCUT2D eigenvalue weighted by atomic mass is 16.4. The Bertz CT molecular complexity index is 329. The Labute approximate surface area is 108 Å². The highest BCUT2D eigenvalue weighted by Crippen LogP contribution is 2.28. The van der Waals surface area contributed by atoms with E-state index >= 15 is 0 Å². The lowest BCUT2D eigenvalue weighted by Gasteiger charge is -2.39. The fraction of sp³-hybridized carbons (Fsp3) is 0.846. The number of amides is 2. The van der Waals surface area contributed by atoms with Crippen molar-refractivity contribution in [3.05, 3.63) is 0 Å². The Morgan fingerprint density at radius 3 is 2.17 bits per heavy atom. The molecule has 102 valence electrons. The Morgan fingerprint density at radius 1 is 1.11 bits per heavy atom. The molecule has 2 atom stereocenters. The molecule has 2 amide bonds. The van der Waals surface area contributed by atoms with Crippen LogP contribution in [-0.4, -0.2) is 41.1 Å². The number of urea groups is 1. The second kappa shape index (κ2) is 5.16. The van der Waals surface area contributed by atoms with Crippen molar-refractivity contribution in [3.63, 3.8) is 0 Å². The van der Waals surface area contributed by atoms with Gasteiger partial charge in [-0.1, -0.05) is 13.8 Å². The minimum atomic E-state index is -0.807. The second-order valence-corrected chi connectivity index (χ2v) is 6.00. The van der Waals surface area contributed by atoms with E-state index in [1.807, 2.05) is 0 Å². The van der Waals surface area contributed by atoms with Crippen molar-refractivity contribution in [1.29, 1.82) is 0 Å². The zero-order valence-corrected chi connectivity index (χ0v) is 11.1. The molecule has 1 heterocycles. The van der Waals surface area contributed by atoms with Crippen molar-refractivity contribution in [1.82, 2.24) is 10.2 Å². The number of hydrogen-bond acceptors (Lipinski definition) is 2. The second-order valence-electron chi connectivity index (χ2n) is 6.00. The van der Waals surface area contributed by atoms with E-state index in [2.05, 4.69) is 19.2 Å². The predicted molar refractivity (Wildman–Crippen MR) is 67.2 cm³/mol. The first-order valence-electron chi connectivity index (χ1n) is 6.74. The van der Waals surface area contributed by atoms with E-state index in [0.29, 0.717) is 24.9 Å². The minimum absolute atomic E-state index is 0.0983. The predicted octanol–water partition coefficient (Wildman–Crippen LogP) is 1.54. The monoisotopic (exact) mass is 254 g/mol. The van der Waals surface area contributed by atoms with Crippen molar-refractivity contribution in [2.45, 2.75) is 39.2 Å². The van der Waals surface area contributed by atoms with Crippen LogP contribution >= 0.6 is 0 Å². The maximum atomic E-state index is 11.9. The van der Waals surface area contributed by atoms with Gasteiger partial charge in [-0.05, 0) is 31.1 Å². The van der Waals surface area contributed by atoms with Crippen molar-refractivity contribution in [2.24, 2.45) is 17.8 Å². The van der Waals surface area contributed by atoms with Gasteiger partial charge in [0.25, 0.3) is 0 Å². The van der Waals surface area contributed by atoms with Crippen molar-refractivity contribution < 1.29 is 14.7 Å². The summed E-state index contributed by atoms with van der Waals surface area (Å²) in [5.41, 5.74) is 0. The first kappa shape index (κ1) is 13.2. The molecule has 1 aliphatic carbocycles. The number of rotatable bonds is 2. The van der Waals surface area contributed by atoms with Crippen LogP contribution in [0.4, 0.5) is 4.79 Å². The van der Waals surface area contributed by atoms with E-state index in [1.54, 1.807) is 4.90 Å². The van der Waals surface area contributed by atoms with Gasteiger partial charge in [-0.2, -0.15) is 0 Å². The summed E-state index contributed by atoms with van der Waals surface area (Å²) >= 11 is 0. The molecule has 2 N–H and O–H groups in total. The van der Waals surface area contributed by atoms with Gasteiger partial charge < -0.3 is 15.3 Å². The number of nitrogens with one attached hydrogen (secondary N) is 1. The molecule has 2 aliphatic rings. The van der Waals surface area contributed by atoms with E-state index in [0.717, 1.165) is 12.8 Å². The van der Waals surface area contributed by atoms with Gasteiger partial charge in [0.1, 0.15) is 0 Å². The molecule has 18 heavy (non-hydrogen) atoms. The third kappa shape index (κ3) is 2.94. The first-order valence-corrected chi connectivity index (χ1v) is 6.74. The minimum Gasteiger partial charge on any atom is -0.481 e. The lowest BCUT2D eigenvalue weighted by molar-refractivity contribution is -0.146. The smallest absolute Gasteiger partial charge is 0.317 e. The number of carbonyl (C=O) groups excluding carboxylic acids is 1. The van der Waals surface area contributed by atoms with Crippen molar-refractivity contribution in [3.8, 4) is 0 Å². The number of nitrogens with zero attached hydrogens (tertiary/aromatic N) is 1. The molecule has 5 heteroatoms. The average molecular weight is 254 g/mol. The lowest BCUT2D eigenvalue weighted by atomic mass is 9.80. The van der Waals surface area contributed by atoms with Crippen LogP contribution in [0.15, 0.2) is 0 Å². The van der Waals surface area contributed by atoms with Gasteiger partial charge in [0.15, 0.2) is 0 Å². The lowest BCUT2D eigenvalue weighted by Crippen LogP contribution is -2.58. The van der Waals surface area contributed by atoms with E-state index in [1.165, 1.54) is 6.42 Å². The number of carboxylic acid groups (broad SMARTS) is 1. The van der Waals surface area contributed by atoms with E-state index < -0.39 is 5.97 Å². The molecule has 0 bridgehead atoms. The molecule has 1 saturated carbocycles. The Morgan fingerprint density at radius 2 is 1.67 bits per heavy atom. The molecule has 2 unspecified atom stereocenters. The summed E-state index contributed by atoms with van der Waals surface area (Å²) in [6.45, 7) is 5.13. The molecule has 0 radical (unpaired) electrons. The van der Waals surface area contributed by atoms with E-state index in [9.17, 15) is 9.59 Å². The molecule has 1 aliphatic heterocycles. The van der Waals surface area contributed by atoms with Crippen LogP contribution in [0.5, 0.6) is 0 Å². The summed E-state index contributed by atoms with van der Waals surface area (Å²) in [5.74, 6) is 0.128. The Balaban J connectivity index is 1.76. The Kier molecular flexibility index (Phi) is 3.78. The maximum Gasteiger partial charge on any atom is 0.317 e. The number of carboxylic acids is 1. The highest BCUT2D eigenvalue weighted by molar-refractivity contribution is 5.79. The number of likely N-dealkylation sites (tertiary alicyclic amines) is 1. The zero-order chi connectivity index (χ0) is 13.3. The van der Waals surface area contributed by atoms with Gasteiger partial charge in [-0.25, -0.2) is 4.79 Å². The summed E-state index contributed by atoms with van der Waals surface area (Å²) in [6.07, 6.45) is 3.30. The summed E-state index contributed by atoms with van der Waals surface area (Å²) in [6, 6.07) is 0.152. The molecule has 0 aromatic rings. The van der Waals surface area contributed by atoms with Crippen molar-refractivity contribution in [2.75, 3.05) is 13.1 Å². The summed E-state index contributed by atoms with van der Waals surface area (Å²) in [7, 11) is 0. The summed E-state index contributed by atoms with van der Waals surface area (Å²) in [4.78, 5) is 24.2. The molecule has 5 nitrogen and oxygen atoms in total. The van der Waals surface area contributed by atoms with Gasteiger partial charge in [0.05, 0.1) is 5.92 Å². The van der Waals surface area contributed by atoms with Crippen LogP contribution in [-0.2, 0) is 4.79 Å². The molecular formula is C13H22N2O3. The van der Waals surface area contributed by atoms with E-state index in [-0.39, 0.29) is 18.0 Å². The van der Waals surface area contributed by atoms with Crippen molar-refractivity contribution >= 4 is 12.0 Å². The largest absolute Gasteiger partial charge is 0.481 e. The average Bonchev–Trinajstić information content (AvgIpc) is 2.11. The standard InChI is InChI=1S/C13H22N2O3/c1-8-3-9(2)5-11(4-8)14-13(18)15-6-10(7-15)12(16)17/h8-11H,3-7H2,1-2H3,(H,14,18)(H,16,17). The maximum absolute atomic E-state index is 11.9. The van der Waals surface area contributed by atoms with Gasteiger partial charge in [-0.15, -0.1) is 0 Å². The van der Waals surface area contributed by atoms with Gasteiger partial charge in [-0.3, -0.25) is 4.79 Å². The highest BCUT2D eigenvalue weighted by Gasteiger charge is 2.36. The van der Waals surface area contributed by atoms with Crippen LogP contribution in [0.3, 0.4) is 0 Å². The molecule has 0 aromatic carbocycles. The molecule has 0 aromatic heterocycles. The summed E-state index contributed by atoms with van der Waals surface area (Å²) < 4.78 is 0. The van der Waals surface area contributed by atoms with Crippen LogP contribution in [0, 0.1) is 17.8 Å².